The SMILES string of the molecule is CN(C(=O)CSCC(=O)Nc1ccc2c(c1F)CCNC2)C1CCCCC1.Cl. The normalized spacial score (nSPS) is 16.6. The molecule has 3 rings (SSSR count). The lowest BCUT2D eigenvalue weighted by molar-refractivity contribution is -0.129. The summed E-state index contributed by atoms with van der Waals surface area (Å²) in [5.41, 5.74) is 1.86. The van der Waals surface area contributed by atoms with Crippen LogP contribution >= 0.6 is 24.2 Å². The molecule has 28 heavy (non-hydrogen) atoms. The molecule has 0 radical (unpaired) electrons. The van der Waals surface area contributed by atoms with E-state index in [0.717, 1.165) is 24.9 Å². The maximum atomic E-state index is 14.6. The second kappa shape index (κ2) is 11.0. The van der Waals surface area contributed by atoms with Crippen molar-refractivity contribution < 1.29 is 14.0 Å². The predicted molar refractivity (Wildman–Crippen MR) is 115 cm³/mol. The van der Waals surface area contributed by atoms with Crippen molar-refractivity contribution in [2.24, 2.45) is 0 Å². The van der Waals surface area contributed by atoms with Crippen molar-refractivity contribution in [3.8, 4) is 0 Å². The number of nitrogens with zero attached hydrogens (tertiary/aromatic N) is 1. The number of amides is 2. The van der Waals surface area contributed by atoms with E-state index in [9.17, 15) is 14.0 Å². The van der Waals surface area contributed by atoms with Gasteiger partial charge in [-0.05, 0) is 43.0 Å². The van der Waals surface area contributed by atoms with Crippen molar-refractivity contribution in [1.82, 2.24) is 10.2 Å². The molecule has 5 nitrogen and oxygen atoms in total. The van der Waals surface area contributed by atoms with Crippen molar-refractivity contribution in [2.45, 2.75) is 51.1 Å². The number of benzene rings is 1. The molecule has 1 aliphatic carbocycles. The molecule has 8 heteroatoms. The molecule has 0 bridgehead atoms. The van der Waals surface area contributed by atoms with Crippen LogP contribution in [0.15, 0.2) is 12.1 Å². The Labute approximate surface area is 176 Å². The maximum Gasteiger partial charge on any atom is 0.234 e. The summed E-state index contributed by atoms with van der Waals surface area (Å²) in [4.78, 5) is 26.3. The Morgan fingerprint density at radius 3 is 2.75 bits per heavy atom. The highest BCUT2D eigenvalue weighted by molar-refractivity contribution is 8.00. The summed E-state index contributed by atoms with van der Waals surface area (Å²) in [5.74, 6) is -0.130. The minimum Gasteiger partial charge on any atom is -0.342 e. The highest BCUT2D eigenvalue weighted by atomic mass is 35.5. The van der Waals surface area contributed by atoms with E-state index in [1.54, 1.807) is 6.07 Å². The quantitative estimate of drug-likeness (QED) is 0.727. The molecule has 0 spiro atoms. The van der Waals surface area contributed by atoms with Crippen molar-refractivity contribution in [3.63, 3.8) is 0 Å². The Hall–Kier alpha value is -1.31. The number of halogens is 2. The molecule has 0 aromatic heterocycles. The van der Waals surface area contributed by atoms with E-state index in [2.05, 4.69) is 10.6 Å². The molecular formula is C20H29ClFN3O2S. The van der Waals surface area contributed by atoms with Crippen LogP contribution in [-0.4, -0.2) is 47.9 Å². The van der Waals surface area contributed by atoms with E-state index in [1.807, 2.05) is 18.0 Å². The molecule has 1 saturated carbocycles. The lowest BCUT2D eigenvalue weighted by Gasteiger charge is -2.31. The summed E-state index contributed by atoms with van der Waals surface area (Å²) < 4.78 is 14.6. The van der Waals surface area contributed by atoms with Gasteiger partial charge in [0.1, 0.15) is 5.82 Å². The van der Waals surface area contributed by atoms with Crippen LogP contribution in [0.2, 0.25) is 0 Å². The van der Waals surface area contributed by atoms with Crippen LogP contribution < -0.4 is 10.6 Å². The summed E-state index contributed by atoms with van der Waals surface area (Å²) in [7, 11) is 1.86. The van der Waals surface area contributed by atoms with Crippen LogP contribution in [0.5, 0.6) is 0 Å². The molecule has 2 amide bonds. The number of anilines is 1. The topological polar surface area (TPSA) is 61.4 Å². The van der Waals surface area contributed by atoms with Gasteiger partial charge in [0.15, 0.2) is 0 Å². The van der Waals surface area contributed by atoms with Crippen molar-refractivity contribution in [2.75, 3.05) is 30.4 Å². The van der Waals surface area contributed by atoms with Gasteiger partial charge in [0.25, 0.3) is 0 Å². The summed E-state index contributed by atoms with van der Waals surface area (Å²) >= 11 is 1.28. The molecule has 1 aromatic rings. The zero-order valence-corrected chi connectivity index (χ0v) is 17.9. The van der Waals surface area contributed by atoms with Crippen LogP contribution in [0, 0.1) is 5.82 Å². The van der Waals surface area contributed by atoms with Crippen molar-refractivity contribution in [1.29, 1.82) is 0 Å². The molecule has 0 unspecified atom stereocenters. The van der Waals surface area contributed by atoms with E-state index in [-0.39, 0.29) is 47.2 Å². The second-order valence-corrected chi connectivity index (χ2v) is 8.31. The Morgan fingerprint density at radius 1 is 1.25 bits per heavy atom. The number of thioether (sulfide) groups is 1. The third-order valence-electron chi connectivity index (χ3n) is 5.46. The van der Waals surface area contributed by atoms with Gasteiger partial charge in [0.2, 0.25) is 11.8 Å². The molecule has 1 aliphatic heterocycles. The number of carbonyl (C=O) groups is 2. The fraction of sp³-hybridized carbons (Fsp3) is 0.600. The maximum absolute atomic E-state index is 14.6. The van der Waals surface area contributed by atoms with E-state index in [1.165, 1.54) is 31.0 Å². The molecule has 2 aliphatic rings. The third kappa shape index (κ3) is 5.84. The van der Waals surface area contributed by atoms with Gasteiger partial charge in [-0.15, -0.1) is 24.2 Å². The largest absolute Gasteiger partial charge is 0.342 e. The first-order chi connectivity index (χ1) is 13.1. The van der Waals surface area contributed by atoms with E-state index < -0.39 is 0 Å². The average Bonchev–Trinajstić information content (AvgIpc) is 2.70. The molecule has 2 N–H and O–H groups in total. The van der Waals surface area contributed by atoms with Gasteiger partial charge in [-0.2, -0.15) is 0 Å². The van der Waals surface area contributed by atoms with Crippen LogP contribution in [0.1, 0.15) is 43.2 Å². The first kappa shape index (κ1) is 23.0. The minimum atomic E-state index is -0.333. The molecule has 1 heterocycles. The lowest BCUT2D eigenvalue weighted by Crippen LogP contribution is -2.39. The fourth-order valence-corrected chi connectivity index (χ4v) is 4.56. The molecule has 0 saturated heterocycles. The van der Waals surface area contributed by atoms with Gasteiger partial charge in [0.05, 0.1) is 17.2 Å². The molecule has 156 valence electrons. The van der Waals surface area contributed by atoms with Gasteiger partial charge in [-0.1, -0.05) is 25.3 Å². The van der Waals surface area contributed by atoms with E-state index in [0.29, 0.717) is 24.6 Å². The zero-order valence-electron chi connectivity index (χ0n) is 16.3. The number of hydrogen-bond donors (Lipinski definition) is 2. The molecule has 0 atom stereocenters. The zero-order chi connectivity index (χ0) is 19.2. The predicted octanol–water partition coefficient (Wildman–Crippen LogP) is 3.36. The first-order valence-electron chi connectivity index (χ1n) is 9.70. The van der Waals surface area contributed by atoms with Crippen molar-refractivity contribution in [3.05, 3.63) is 29.1 Å². The Kier molecular flexibility index (Phi) is 9.05. The summed E-state index contributed by atoms with van der Waals surface area (Å²) in [6.07, 6.45) is 6.38. The van der Waals surface area contributed by atoms with Gasteiger partial charge in [0, 0.05) is 19.6 Å². The molecule has 1 fully saturated rings. The number of hydrogen-bond acceptors (Lipinski definition) is 4. The third-order valence-corrected chi connectivity index (χ3v) is 6.37. The summed E-state index contributed by atoms with van der Waals surface area (Å²) in [6.45, 7) is 1.40. The van der Waals surface area contributed by atoms with Gasteiger partial charge in [-0.3, -0.25) is 9.59 Å². The Bertz CT molecular complexity index is 698. The van der Waals surface area contributed by atoms with E-state index >= 15 is 0 Å². The highest BCUT2D eigenvalue weighted by Gasteiger charge is 2.22. The lowest BCUT2D eigenvalue weighted by atomic mass is 9.94. The van der Waals surface area contributed by atoms with Crippen LogP contribution in [0.25, 0.3) is 0 Å². The van der Waals surface area contributed by atoms with Crippen LogP contribution in [0.4, 0.5) is 10.1 Å². The smallest absolute Gasteiger partial charge is 0.234 e. The highest BCUT2D eigenvalue weighted by Crippen LogP contribution is 2.25. The first-order valence-corrected chi connectivity index (χ1v) is 10.9. The Balaban J connectivity index is 0.00000280. The van der Waals surface area contributed by atoms with Crippen LogP contribution in [0.3, 0.4) is 0 Å². The van der Waals surface area contributed by atoms with Gasteiger partial charge >= 0.3 is 0 Å². The van der Waals surface area contributed by atoms with Gasteiger partial charge in [-0.25, -0.2) is 4.39 Å². The van der Waals surface area contributed by atoms with E-state index in [4.69, 9.17) is 0 Å². The Morgan fingerprint density at radius 2 is 2.00 bits per heavy atom. The van der Waals surface area contributed by atoms with Crippen LogP contribution in [-0.2, 0) is 22.6 Å². The number of rotatable bonds is 6. The molecular weight excluding hydrogens is 401 g/mol. The average molecular weight is 430 g/mol. The minimum absolute atomic E-state index is 0. The molecule has 1 aromatic carbocycles. The monoisotopic (exact) mass is 429 g/mol. The van der Waals surface area contributed by atoms with Crippen molar-refractivity contribution >= 4 is 41.7 Å². The summed E-state index contributed by atoms with van der Waals surface area (Å²) in [6, 6.07) is 3.81. The fourth-order valence-electron chi connectivity index (χ4n) is 3.82. The summed E-state index contributed by atoms with van der Waals surface area (Å²) in [5, 5.41) is 5.85. The number of carbonyl (C=O) groups excluding carboxylic acids is 2. The standard InChI is InChI=1S/C20H28FN3O2S.ClH/c1-24(15-5-3-2-4-6-15)19(26)13-27-12-18(25)23-17-8-7-14-11-22-10-9-16(14)20(17)21;/h7-8,15,22H,2-6,9-13H2,1H3,(H,23,25);1H. The number of fused-ring (bicyclic) bond motifs is 1. The number of nitrogens with one attached hydrogen (secondary N) is 2. The second-order valence-electron chi connectivity index (χ2n) is 7.33. The van der Waals surface area contributed by atoms with Gasteiger partial charge < -0.3 is 15.5 Å².